The molecule has 9 heteroatoms. The molecule has 2 aromatic rings. The van der Waals surface area contributed by atoms with Gasteiger partial charge in [0.1, 0.15) is 0 Å². The van der Waals surface area contributed by atoms with Gasteiger partial charge in [0, 0.05) is 64.6 Å². The highest BCUT2D eigenvalue weighted by molar-refractivity contribution is 5.87. The van der Waals surface area contributed by atoms with Gasteiger partial charge in [-0.15, -0.1) is 0 Å². The molecule has 9 nitrogen and oxygen atoms in total. The van der Waals surface area contributed by atoms with Crippen molar-refractivity contribution in [1.29, 1.82) is 0 Å². The van der Waals surface area contributed by atoms with Gasteiger partial charge in [0.25, 0.3) is 0 Å². The second kappa shape index (κ2) is 18.4. The molecule has 0 saturated heterocycles. The van der Waals surface area contributed by atoms with Crippen LogP contribution in [0.5, 0.6) is 0 Å². The van der Waals surface area contributed by atoms with Crippen molar-refractivity contribution in [2.75, 3.05) is 32.7 Å². The van der Waals surface area contributed by atoms with E-state index in [2.05, 4.69) is 38.7 Å². The van der Waals surface area contributed by atoms with Crippen LogP contribution >= 0.6 is 0 Å². The second-order valence-electron chi connectivity index (χ2n) is 8.89. The summed E-state index contributed by atoms with van der Waals surface area (Å²) in [6, 6.07) is 11.7. The molecule has 38 heavy (non-hydrogen) atoms. The van der Waals surface area contributed by atoms with Crippen LogP contribution in [0.15, 0.2) is 74.1 Å². The smallest absolute Gasteiger partial charge is 0.243 e. The molecule has 0 atom stereocenters. The van der Waals surface area contributed by atoms with Gasteiger partial charge in [-0.3, -0.25) is 29.3 Å². The van der Waals surface area contributed by atoms with E-state index < -0.39 is 0 Å². The maximum atomic E-state index is 13.3. The van der Waals surface area contributed by atoms with Crippen molar-refractivity contribution in [1.82, 2.24) is 30.4 Å². The third-order valence-corrected chi connectivity index (χ3v) is 5.90. The minimum absolute atomic E-state index is 0.0855. The van der Waals surface area contributed by atoms with Crippen LogP contribution in [0.4, 0.5) is 0 Å². The molecule has 0 fully saturated rings. The van der Waals surface area contributed by atoms with Crippen LogP contribution in [0.2, 0.25) is 0 Å². The van der Waals surface area contributed by atoms with Gasteiger partial charge in [0.15, 0.2) is 0 Å². The lowest BCUT2D eigenvalue weighted by Gasteiger charge is -2.26. The van der Waals surface area contributed by atoms with Crippen LogP contribution < -0.4 is 10.6 Å². The zero-order chi connectivity index (χ0) is 27.4. The summed E-state index contributed by atoms with van der Waals surface area (Å²) in [6.45, 7) is 11.0. The molecule has 0 saturated carbocycles. The minimum atomic E-state index is -0.194. The van der Waals surface area contributed by atoms with Crippen molar-refractivity contribution in [3.63, 3.8) is 0 Å². The second-order valence-corrected chi connectivity index (χ2v) is 8.89. The van der Waals surface area contributed by atoms with Gasteiger partial charge in [0.05, 0.1) is 11.4 Å². The van der Waals surface area contributed by atoms with Crippen LogP contribution in [0, 0.1) is 0 Å². The highest BCUT2D eigenvalue weighted by Crippen LogP contribution is 2.10. The SMILES string of the molecule is C=CC(=O)NCCCCN(CCCCNC(=O)C=C)C(=O)CCN(Cc1ccccn1)Cc1ccccn1. The Kier molecular flexibility index (Phi) is 14.7. The maximum absolute atomic E-state index is 13.3. The number of hydrogen-bond acceptors (Lipinski definition) is 6. The van der Waals surface area contributed by atoms with E-state index in [9.17, 15) is 14.4 Å². The quantitative estimate of drug-likeness (QED) is 0.218. The van der Waals surface area contributed by atoms with E-state index in [0.29, 0.717) is 52.2 Å². The summed E-state index contributed by atoms with van der Waals surface area (Å²) in [5.74, 6) is -0.303. The molecule has 3 amide bonds. The van der Waals surface area contributed by atoms with Crippen LogP contribution in [0.1, 0.15) is 43.5 Å². The number of hydrogen-bond donors (Lipinski definition) is 2. The van der Waals surface area contributed by atoms with E-state index in [1.165, 1.54) is 12.2 Å². The van der Waals surface area contributed by atoms with Gasteiger partial charge in [-0.25, -0.2) is 0 Å². The predicted molar refractivity (Wildman–Crippen MR) is 149 cm³/mol. The molecule has 0 aliphatic rings. The highest BCUT2D eigenvalue weighted by atomic mass is 16.2. The summed E-state index contributed by atoms with van der Waals surface area (Å²) in [5, 5.41) is 5.54. The number of aromatic nitrogens is 2. The topological polar surface area (TPSA) is 108 Å². The summed E-state index contributed by atoms with van der Waals surface area (Å²) < 4.78 is 0. The molecule has 2 N–H and O–H groups in total. The summed E-state index contributed by atoms with van der Waals surface area (Å²) in [7, 11) is 0. The Morgan fingerprint density at radius 1 is 0.737 bits per heavy atom. The number of unbranched alkanes of at least 4 members (excludes halogenated alkanes) is 2. The molecular formula is C29H40N6O3. The van der Waals surface area contributed by atoms with Crippen molar-refractivity contribution >= 4 is 17.7 Å². The summed E-state index contributed by atoms with van der Waals surface area (Å²) in [6.07, 6.45) is 9.52. The van der Waals surface area contributed by atoms with Crippen molar-refractivity contribution < 1.29 is 14.4 Å². The molecule has 0 radical (unpaired) electrons. The summed E-state index contributed by atoms with van der Waals surface area (Å²) in [5.41, 5.74) is 1.88. The lowest BCUT2D eigenvalue weighted by Crippen LogP contribution is -2.36. The largest absolute Gasteiger partial charge is 0.353 e. The number of nitrogens with zero attached hydrogens (tertiary/aromatic N) is 4. The monoisotopic (exact) mass is 520 g/mol. The Morgan fingerprint density at radius 2 is 1.24 bits per heavy atom. The normalized spacial score (nSPS) is 10.6. The Balaban J connectivity index is 1.93. The average molecular weight is 521 g/mol. The molecule has 0 bridgehead atoms. The fourth-order valence-corrected chi connectivity index (χ4v) is 3.85. The van der Waals surface area contributed by atoms with Gasteiger partial charge in [-0.1, -0.05) is 25.3 Å². The van der Waals surface area contributed by atoms with E-state index in [1.807, 2.05) is 41.3 Å². The van der Waals surface area contributed by atoms with Gasteiger partial charge in [-0.05, 0) is 62.1 Å². The number of carbonyl (C=O) groups is 3. The molecule has 0 spiro atoms. The first kappa shape index (κ1) is 30.4. The van der Waals surface area contributed by atoms with E-state index >= 15 is 0 Å². The number of carbonyl (C=O) groups excluding carboxylic acids is 3. The first-order valence-electron chi connectivity index (χ1n) is 13.1. The van der Waals surface area contributed by atoms with Crippen molar-refractivity contribution in [3.05, 3.63) is 85.5 Å². The maximum Gasteiger partial charge on any atom is 0.243 e. The van der Waals surface area contributed by atoms with Crippen molar-refractivity contribution in [2.45, 2.75) is 45.2 Å². The molecule has 0 aromatic carbocycles. The predicted octanol–water partition coefficient (Wildman–Crippen LogP) is 2.86. The van der Waals surface area contributed by atoms with E-state index in [1.54, 1.807) is 12.4 Å². The zero-order valence-corrected chi connectivity index (χ0v) is 22.2. The third kappa shape index (κ3) is 12.9. The Labute approximate surface area is 226 Å². The van der Waals surface area contributed by atoms with Gasteiger partial charge < -0.3 is 15.5 Å². The lowest BCUT2D eigenvalue weighted by molar-refractivity contribution is -0.132. The molecular weight excluding hydrogens is 480 g/mol. The first-order valence-corrected chi connectivity index (χ1v) is 13.1. The number of nitrogens with one attached hydrogen (secondary N) is 2. The van der Waals surface area contributed by atoms with Crippen LogP contribution in [-0.4, -0.2) is 70.2 Å². The molecule has 0 aliphatic carbocycles. The third-order valence-electron chi connectivity index (χ3n) is 5.90. The Bertz CT molecular complexity index is 928. The highest BCUT2D eigenvalue weighted by Gasteiger charge is 2.16. The van der Waals surface area contributed by atoms with Gasteiger partial charge in [-0.2, -0.15) is 0 Å². The Hall–Kier alpha value is -3.85. The lowest BCUT2D eigenvalue weighted by atomic mass is 10.2. The number of amides is 3. The fourth-order valence-electron chi connectivity index (χ4n) is 3.85. The van der Waals surface area contributed by atoms with E-state index in [0.717, 1.165) is 37.1 Å². The molecule has 2 aromatic heterocycles. The first-order chi connectivity index (χ1) is 18.5. The van der Waals surface area contributed by atoms with Crippen LogP contribution in [0.3, 0.4) is 0 Å². The minimum Gasteiger partial charge on any atom is -0.353 e. The van der Waals surface area contributed by atoms with Crippen LogP contribution in [-0.2, 0) is 27.5 Å². The number of pyridine rings is 2. The van der Waals surface area contributed by atoms with Gasteiger partial charge >= 0.3 is 0 Å². The molecule has 2 rings (SSSR count). The number of rotatable bonds is 19. The fraction of sp³-hybridized carbons (Fsp3) is 0.414. The standard InChI is InChI=1S/C29H40N6O3/c1-3-27(36)32-18-9-11-20-35(21-12-10-19-33-28(37)4-2)29(38)15-22-34(23-25-13-5-7-16-30-25)24-26-14-6-8-17-31-26/h3-8,13-14,16-17H,1-2,9-12,15,18-24H2,(H,32,36)(H,33,37). The average Bonchev–Trinajstić information content (AvgIpc) is 2.95. The van der Waals surface area contributed by atoms with Crippen LogP contribution in [0.25, 0.3) is 0 Å². The Morgan fingerprint density at radius 3 is 1.66 bits per heavy atom. The van der Waals surface area contributed by atoms with Crippen molar-refractivity contribution in [2.24, 2.45) is 0 Å². The zero-order valence-electron chi connectivity index (χ0n) is 22.2. The molecule has 0 aliphatic heterocycles. The van der Waals surface area contributed by atoms with Crippen molar-refractivity contribution in [3.8, 4) is 0 Å². The van der Waals surface area contributed by atoms with E-state index in [-0.39, 0.29) is 17.7 Å². The molecule has 204 valence electrons. The summed E-state index contributed by atoms with van der Waals surface area (Å²) >= 11 is 0. The molecule has 0 unspecified atom stereocenters. The molecule has 2 heterocycles. The summed E-state index contributed by atoms with van der Waals surface area (Å²) in [4.78, 5) is 49.0. The van der Waals surface area contributed by atoms with E-state index in [4.69, 9.17) is 0 Å². The van der Waals surface area contributed by atoms with Gasteiger partial charge in [0.2, 0.25) is 17.7 Å².